The van der Waals surface area contributed by atoms with Crippen LogP contribution in [0.25, 0.3) is 119 Å². The normalized spacial score (nSPS) is 11.5. The smallest absolute Gasteiger partial charge is 0.164 e. The van der Waals surface area contributed by atoms with E-state index in [1.165, 1.54) is 0 Å². The van der Waals surface area contributed by atoms with Crippen LogP contribution >= 0.6 is 0 Å². The molecule has 0 aliphatic heterocycles. The molecule has 0 bridgehead atoms. The summed E-state index contributed by atoms with van der Waals surface area (Å²) in [7, 11) is 0. The van der Waals surface area contributed by atoms with Crippen LogP contribution in [0.15, 0.2) is 199 Å². The van der Waals surface area contributed by atoms with E-state index in [-0.39, 0.29) is 0 Å². The lowest BCUT2D eigenvalue weighted by atomic mass is 9.99. The van der Waals surface area contributed by atoms with Gasteiger partial charge in [-0.1, -0.05) is 153 Å². The van der Waals surface area contributed by atoms with Gasteiger partial charge in [0.1, 0.15) is 11.2 Å². The summed E-state index contributed by atoms with van der Waals surface area (Å²) in [5.74, 6) is 1.75. The number of benzene rings is 8. The second kappa shape index (κ2) is 14.3. The molecule has 0 fully saturated rings. The zero-order valence-corrected chi connectivity index (χ0v) is 32.6. The van der Waals surface area contributed by atoms with Crippen LogP contribution in [-0.4, -0.2) is 19.5 Å². The molecule has 0 amide bonds. The molecule has 8 aromatic carbocycles. The number of hydrogen-bond acceptors (Lipinski definition) is 4. The van der Waals surface area contributed by atoms with Gasteiger partial charge < -0.3 is 8.98 Å². The first-order valence-corrected chi connectivity index (χ1v) is 20.0. The van der Waals surface area contributed by atoms with Crippen molar-refractivity contribution in [2.24, 2.45) is 0 Å². The topological polar surface area (TPSA) is 56.7 Å². The molecule has 11 aromatic rings. The third kappa shape index (κ3) is 6.08. The van der Waals surface area contributed by atoms with E-state index in [0.29, 0.717) is 17.5 Å². The molecule has 0 aliphatic carbocycles. The Hall–Kier alpha value is -8.15. The van der Waals surface area contributed by atoms with Gasteiger partial charge >= 0.3 is 0 Å². The van der Waals surface area contributed by atoms with Gasteiger partial charge in [-0.05, 0) is 88.0 Å². The van der Waals surface area contributed by atoms with Gasteiger partial charge in [-0.15, -0.1) is 0 Å². The molecular formula is C55H36N4O. The molecule has 5 heteroatoms. The maximum absolute atomic E-state index is 6.53. The zero-order chi connectivity index (χ0) is 40.2. The lowest BCUT2D eigenvalue weighted by Gasteiger charge is -2.11. The zero-order valence-electron chi connectivity index (χ0n) is 32.6. The van der Waals surface area contributed by atoms with Gasteiger partial charge in [-0.25, -0.2) is 15.0 Å². The second-order valence-corrected chi connectivity index (χ2v) is 15.0. The molecule has 60 heavy (non-hydrogen) atoms. The number of furan rings is 1. The molecule has 0 aliphatic rings. The van der Waals surface area contributed by atoms with Crippen molar-refractivity contribution in [1.82, 2.24) is 19.5 Å². The molecule has 282 valence electrons. The summed E-state index contributed by atoms with van der Waals surface area (Å²) in [6.07, 6.45) is 0. The highest BCUT2D eigenvalue weighted by Gasteiger charge is 2.19. The van der Waals surface area contributed by atoms with Crippen molar-refractivity contribution in [3.63, 3.8) is 0 Å². The Morgan fingerprint density at radius 3 is 1.52 bits per heavy atom. The van der Waals surface area contributed by atoms with E-state index in [1.807, 2.05) is 42.5 Å². The van der Waals surface area contributed by atoms with E-state index < -0.39 is 0 Å². The van der Waals surface area contributed by atoms with Gasteiger partial charge in [0, 0.05) is 49.1 Å². The number of rotatable bonds is 7. The summed E-state index contributed by atoms with van der Waals surface area (Å²) in [6, 6.07) is 66.9. The van der Waals surface area contributed by atoms with Crippen molar-refractivity contribution in [2.75, 3.05) is 0 Å². The Kier molecular flexibility index (Phi) is 8.38. The second-order valence-electron chi connectivity index (χ2n) is 15.0. The third-order valence-corrected chi connectivity index (χ3v) is 11.4. The average Bonchev–Trinajstić information content (AvgIpc) is 3.82. The molecule has 0 atom stereocenters. The van der Waals surface area contributed by atoms with Crippen LogP contribution in [0.1, 0.15) is 0 Å². The number of aromatic nitrogens is 4. The van der Waals surface area contributed by atoms with E-state index >= 15 is 0 Å². The molecule has 0 radical (unpaired) electrons. The van der Waals surface area contributed by atoms with Crippen LogP contribution in [0, 0.1) is 0 Å². The first-order chi connectivity index (χ1) is 29.6. The summed E-state index contributed by atoms with van der Waals surface area (Å²) in [6.45, 7) is 8.84. The monoisotopic (exact) mass is 768 g/mol. The fourth-order valence-corrected chi connectivity index (χ4v) is 8.34. The minimum atomic E-state index is 0.567. The predicted octanol–water partition coefficient (Wildman–Crippen LogP) is 12.5. The van der Waals surface area contributed by atoms with Crippen molar-refractivity contribution in [1.29, 1.82) is 0 Å². The van der Waals surface area contributed by atoms with E-state index in [9.17, 15) is 0 Å². The molecule has 3 heterocycles. The molecule has 11 rings (SSSR count). The van der Waals surface area contributed by atoms with Crippen LogP contribution < -0.4 is 10.6 Å². The van der Waals surface area contributed by atoms with E-state index in [0.717, 1.165) is 99.2 Å². The summed E-state index contributed by atoms with van der Waals surface area (Å²) >= 11 is 0. The highest BCUT2D eigenvalue weighted by molar-refractivity contribution is 6.13. The number of fused-ring (bicyclic) bond motifs is 4. The first-order valence-electron chi connectivity index (χ1n) is 20.0. The first kappa shape index (κ1) is 35.0. The van der Waals surface area contributed by atoms with Crippen molar-refractivity contribution in [3.8, 4) is 73.2 Å². The van der Waals surface area contributed by atoms with Crippen LogP contribution in [-0.2, 0) is 0 Å². The largest absolute Gasteiger partial charge is 0.456 e. The fraction of sp³-hybridized carbons (Fsp3) is 0. The summed E-state index contributed by atoms with van der Waals surface area (Å²) in [4.78, 5) is 15.6. The van der Waals surface area contributed by atoms with Crippen LogP contribution in [0.4, 0.5) is 0 Å². The molecule has 5 nitrogen and oxygen atoms in total. The molecule has 3 aromatic heterocycles. The average molecular weight is 769 g/mol. The number of para-hydroxylation sites is 1. The minimum Gasteiger partial charge on any atom is -0.456 e. The maximum Gasteiger partial charge on any atom is 0.164 e. The van der Waals surface area contributed by atoms with Gasteiger partial charge in [-0.2, -0.15) is 0 Å². The SMILES string of the molecule is C=c1c(=C)n(-c2ccccc2)c2ccc(-c3ccc4oc5cccc(-c6nc(-c7cccc(-c8ccccc8)c7)nc(-c7cccc(-c8ccccc8)c7)n6)c5c4c3)cc12. The summed E-state index contributed by atoms with van der Waals surface area (Å²) in [5, 5.41) is 4.79. The van der Waals surface area contributed by atoms with Crippen LogP contribution in [0.2, 0.25) is 0 Å². The molecule has 0 unspecified atom stereocenters. The quantitative estimate of drug-likeness (QED) is 0.162. The van der Waals surface area contributed by atoms with Crippen LogP contribution in [0.3, 0.4) is 0 Å². The van der Waals surface area contributed by atoms with E-state index in [4.69, 9.17) is 19.4 Å². The minimum absolute atomic E-state index is 0.567. The highest BCUT2D eigenvalue weighted by Crippen LogP contribution is 2.39. The van der Waals surface area contributed by atoms with Gasteiger partial charge in [0.25, 0.3) is 0 Å². The Bertz CT molecular complexity index is 3420. The summed E-state index contributed by atoms with van der Waals surface area (Å²) < 4.78 is 8.70. The van der Waals surface area contributed by atoms with E-state index in [2.05, 4.69) is 169 Å². The van der Waals surface area contributed by atoms with Gasteiger partial charge in [0.05, 0.1) is 5.52 Å². The highest BCUT2D eigenvalue weighted by atomic mass is 16.3. The Morgan fingerprint density at radius 2 is 0.883 bits per heavy atom. The van der Waals surface area contributed by atoms with Crippen molar-refractivity contribution < 1.29 is 4.42 Å². The van der Waals surface area contributed by atoms with Gasteiger partial charge in [-0.3, -0.25) is 0 Å². The summed E-state index contributed by atoms with van der Waals surface area (Å²) in [5.41, 5.74) is 12.9. The molecule has 0 N–H and O–H groups in total. The Morgan fingerprint density at radius 1 is 0.383 bits per heavy atom. The van der Waals surface area contributed by atoms with Crippen molar-refractivity contribution in [2.45, 2.75) is 0 Å². The Balaban J connectivity index is 1.08. The van der Waals surface area contributed by atoms with Crippen molar-refractivity contribution >= 4 is 46.0 Å². The maximum atomic E-state index is 6.53. The fourth-order valence-electron chi connectivity index (χ4n) is 8.34. The van der Waals surface area contributed by atoms with Gasteiger partial charge in [0.2, 0.25) is 0 Å². The lowest BCUT2D eigenvalue weighted by Crippen LogP contribution is -2.25. The third-order valence-electron chi connectivity index (χ3n) is 11.4. The molecule has 0 saturated carbocycles. The van der Waals surface area contributed by atoms with Gasteiger partial charge in [0.15, 0.2) is 17.5 Å². The Labute approximate surface area is 346 Å². The molecule has 0 saturated heterocycles. The molecule has 0 spiro atoms. The van der Waals surface area contributed by atoms with E-state index in [1.54, 1.807) is 0 Å². The molecular weight excluding hydrogens is 733 g/mol. The number of nitrogens with zero attached hydrogens (tertiary/aromatic N) is 4. The predicted molar refractivity (Wildman–Crippen MR) is 247 cm³/mol. The van der Waals surface area contributed by atoms with Crippen LogP contribution in [0.5, 0.6) is 0 Å². The standard InChI is InChI=1S/C55H36N4O/c1-35-36(2)59(45-23-10-5-11-24-45)49-29-27-41(33-47(35)49)42-28-30-50-48(34-42)52-46(25-14-26-51(52)60-50)55-57-53(43-21-12-19-39(31-43)37-15-6-3-7-16-37)56-54(58-55)44-22-13-20-40(32-44)38-17-8-4-9-18-38/h3-34H,1-2H2. The lowest BCUT2D eigenvalue weighted by molar-refractivity contribution is 0.669. The van der Waals surface area contributed by atoms with Crippen molar-refractivity contribution in [3.05, 3.63) is 205 Å². The number of hydrogen-bond donors (Lipinski definition) is 0.